The van der Waals surface area contributed by atoms with E-state index < -0.39 is 5.60 Å². The van der Waals surface area contributed by atoms with Crippen molar-refractivity contribution >= 4 is 0 Å². The van der Waals surface area contributed by atoms with E-state index in [9.17, 15) is 5.11 Å². The quantitative estimate of drug-likeness (QED) is 0.602. The normalized spacial score (nSPS) is 12.0. The molecule has 0 radical (unpaired) electrons. The van der Waals surface area contributed by atoms with Crippen LogP contribution in [-0.4, -0.2) is 23.9 Å². The van der Waals surface area contributed by atoms with Gasteiger partial charge < -0.3 is 9.84 Å². The van der Waals surface area contributed by atoms with E-state index in [0.717, 1.165) is 25.9 Å². The van der Waals surface area contributed by atoms with Crippen LogP contribution in [-0.2, 0) is 4.74 Å². The average molecular weight is 160 g/mol. The maximum Gasteiger partial charge on any atom is 0.0874 e. The minimum atomic E-state index is -0.588. The molecule has 2 nitrogen and oxygen atoms in total. The van der Waals surface area contributed by atoms with E-state index in [-0.39, 0.29) is 0 Å². The number of ether oxygens (including phenoxy) is 1. The van der Waals surface area contributed by atoms with Gasteiger partial charge in [-0.2, -0.15) is 0 Å². The molecule has 0 saturated carbocycles. The van der Waals surface area contributed by atoms with Gasteiger partial charge in [-0.25, -0.2) is 0 Å². The highest BCUT2D eigenvalue weighted by molar-refractivity contribution is 4.73. The Morgan fingerprint density at radius 2 is 1.73 bits per heavy atom. The van der Waals surface area contributed by atoms with Crippen LogP contribution in [0, 0.1) is 0 Å². The lowest BCUT2D eigenvalue weighted by atomic mass is 9.99. The van der Waals surface area contributed by atoms with Crippen LogP contribution in [0.15, 0.2) is 0 Å². The highest BCUT2D eigenvalue weighted by atomic mass is 16.5. The minimum absolute atomic E-state index is 0.480. The Kier molecular flexibility index (Phi) is 5.51. The molecule has 0 atom stereocenters. The standard InChI is InChI=1S/C9H20O2/c1-4-7-11-8-9(10,5-2)6-3/h10H,4-8H2,1-3H3. The molecule has 0 fully saturated rings. The number of aliphatic hydroxyl groups is 1. The molecule has 1 N–H and O–H groups in total. The molecular weight excluding hydrogens is 140 g/mol. The minimum Gasteiger partial charge on any atom is -0.388 e. The third-order valence-electron chi connectivity index (χ3n) is 2.04. The van der Waals surface area contributed by atoms with Crippen molar-refractivity contribution in [3.05, 3.63) is 0 Å². The molecule has 11 heavy (non-hydrogen) atoms. The summed E-state index contributed by atoms with van der Waals surface area (Å²) >= 11 is 0. The first-order chi connectivity index (χ1) is 5.18. The van der Waals surface area contributed by atoms with E-state index in [0.29, 0.717) is 6.61 Å². The Morgan fingerprint density at radius 1 is 1.18 bits per heavy atom. The van der Waals surface area contributed by atoms with Crippen LogP contribution in [0.5, 0.6) is 0 Å². The summed E-state index contributed by atoms with van der Waals surface area (Å²) in [6, 6.07) is 0. The molecule has 2 heteroatoms. The van der Waals surface area contributed by atoms with Gasteiger partial charge in [-0.3, -0.25) is 0 Å². The molecule has 0 aromatic heterocycles. The molecule has 0 aliphatic heterocycles. The third kappa shape index (κ3) is 4.38. The van der Waals surface area contributed by atoms with E-state index in [1.807, 2.05) is 13.8 Å². The summed E-state index contributed by atoms with van der Waals surface area (Å²) in [5.74, 6) is 0. The van der Waals surface area contributed by atoms with Crippen molar-refractivity contribution in [2.75, 3.05) is 13.2 Å². The summed E-state index contributed by atoms with van der Waals surface area (Å²) in [6.45, 7) is 7.27. The van der Waals surface area contributed by atoms with Gasteiger partial charge in [0, 0.05) is 6.61 Å². The van der Waals surface area contributed by atoms with Crippen LogP contribution < -0.4 is 0 Å². The molecule has 0 heterocycles. The molecule has 0 aliphatic carbocycles. The summed E-state index contributed by atoms with van der Waals surface area (Å²) in [5.41, 5.74) is -0.588. The van der Waals surface area contributed by atoms with Crippen molar-refractivity contribution in [1.82, 2.24) is 0 Å². The third-order valence-corrected chi connectivity index (χ3v) is 2.04. The van der Waals surface area contributed by atoms with Crippen molar-refractivity contribution in [2.45, 2.75) is 45.6 Å². The second-order valence-electron chi connectivity index (χ2n) is 2.98. The van der Waals surface area contributed by atoms with Crippen LogP contribution in [0.25, 0.3) is 0 Å². The summed E-state index contributed by atoms with van der Waals surface area (Å²) < 4.78 is 5.28. The van der Waals surface area contributed by atoms with Gasteiger partial charge in [0.1, 0.15) is 0 Å². The fraction of sp³-hybridized carbons (Fsp3) is 1.00. The largest absolute Gasteiger partial charge is 0.388 e. The summed E-state index contributed by atoms with van der Waals surface area (Å²) in [5, 5.41) is 9.73. The Balaban J connectivity index is 3.51. The number of hydrogen-bond acceptors (Lipinski definition) is 2. The van der Waals surface area contributed by atoms with Crippen LogP contribution in [0.3, 0.4) is 0 Å². The van der Waals surface area contributed by atoms with Gasteiger partial charge in [-0.1, -0.05) is 20.8 Å². The molecule has 0 aromatic rings. The number of hydrogen-bond donors (Lipinski definition) is 1. The van der Waals surface area contributed by atoms with Crippen LogP contribution in [0.4, 0.5) is 0 Å². The molecular formula is C9H20O2. The molecule has 0 saturated heterocycles. The summed E-state index contributed by atoms with van der Waals surface area (Å²) in [6.07, 6.45) is 2.56. The fourth-order valence-corrected chi connectivity index (χ4v) is 0.861. The first-order valence-electron chi connectivity index (χ1n) is 4.48. The van der Waals surface area contributed by atoms with E-state index in [4.69, 9.17) is 4.74 Å². The van der Waals surface area contributed by atoms with E-state index in [2.05, 4.69) is 6.92 Å². The van der Waals surface area contributed by atoms with Crippen LogP contribution in [0.1, 0.15) is 40.0 Å². The first kappa shape index (κ1) is 10.9. The Bertz CT molecular complexity index is 87.6. The predicted octanol–water partition coefficient (Wildman–Crippen LogP) is 1.96. The predicted molar refractivity (Wildman–Crippen MR) is 46.6 cm³/mol. The summed E-state index contributed by atoms with van der Waals surface area (Å²) in [4.78, 5) is 0. The summed E-state index contributed by atoms with van der Waals surface area (Å²) in [7, 11) is 0. The molecule has 68 valence electrons. The Hall–Kier alpha value is -0.0800. The Labute approximate surface area is 69.6 Å². The first-order valence-corrected chi connectivity index (χ1v) is 4.48. The van der Waals surface area contributed by atoms with E-state index in [1.165, 1.54) is 0 Å². The van der Waals surface area contributed by atoms with E-state index in [1.54, 1.807) is 0 Å². The highest BCUT2D eigenvalue weighted by Crippen LogP contribution is 2.14. The lowest BCUT2D eigenvalue weighted by Crippen LogP contribution is -2.32. The number of rotatable bonds is 6. The molecule has 0 aromatic carbocycles. The van der Waals surface area contributed by atoms with Crippen molar-refractivity contribution < 1.29 is 9.84 Å². The van der Waals surface area contributed by atoms with Crippen molar-refractivity contribution in [2.24, 2.45) is 0 Å². The molecule has 0 bridgehead atoms. The van der Waals surface area contributed by atoms with Gasteiger partial charge >= 0.3 is 0 Å². The smallest absolute Gasteiger partial charge is 0.0874 e. The Morgan fingerprint density at radius 3 is 2.09 bits per heavy atom. The van der Waals surface area contributed by atoms with Gasteiger partial charge in [-0.15, -0.1) is 0 Å². The lowest BCUT2D eigenvalue weighted by molar-refractivity contribution is -0.0508. The molecule has 0 amide bonds. The fourth-order valence-electron chi connectivity index (χ4n) is 0.861. The molecule has 0 aliphatic rings. The van der Waals surface area contributed by atoms with E-state index >= 15 is 0 Å². The van der Waals surface area contributed by atoms with Crippen LogP contribution in [0.2, 0.25) is 0 Å². The zero-order valence-corrected chi connectivity index (χ0v) is 7.89. The molecule has 0 unspecified atom stereocenters. The monoisotopic (exact) mass is 160 g/mol. The van der Waals surface area contributed by atoms with Gasteiger partial charge in [-0.05, 0) is 19.3 Å². The zero-order valence-electron chi connectivity index (χ0n) is 7.89. The van der Waals surface area contributed by atoms with Crippen molar-refractivity contribution in [3.63, 3.8) is 0 Å². The van der Waals surface area contributed by atoms with Crippen molar-refractivity contribution in [1.29, 1.82) is 0 Å². The van der Waals surface area contributed by atoms with Gasteiger partial charge in [0.25, 0.3) is 0 Å². The van der Waals surface area contributed by atoms with Crippen molar-refractivity contribution in [3.8, 4) is 0 Å². The second-order valence-corrected chi connectivity index (χ2v) is 2.98. The highest BCUT2D eigenvalue weighted by Gasteiger charge is 2.21. The topological polar surface area (TPSA) is 29.5 Å². The molecule has 0 rings (SSSR count). The molecule has 0 spiro atoms. The van der Waals surface area contributed by atoms with Crippen LogP contribution >= 0.6 is 0 Å². The van der Waals surface area contributed by atoms with Gasteiger partial charge in [0.2, 0.25) is 0 Å². The van der Waals surface area contributed by atoms with Gasteiger partial charge in [0.05, 0.1) is 12.2 Å². The SMILES string of the molecule is CCCOCC(O)(CC)CC. The maximum atomic E-state index is 9.73. The average Bonchev–Trinajstić information content (AvgIpc) is 2.05. The zero-order chi connectivity index (χ0) is 8.74. The van der Waals surface area contributed by atoms with Gasteiger partial charge in [0.15, 0.2) is 0 Å². The second kappa shape index (κ2) is 5.56. The maximum absolute atomic E-state index is 9.73. The lowest BCUT2D eigenvalue weighted by Gasteiger charge is -2.24.